The van der Waals surface area contributed by atoms with Crippen molar-refractivity contribution in [1.82, 2.24) is 4.90 Å². The van der Waals surface area contributed by atoms with E-state index >= 15 is 0 Å². The molecular weight excluding hydrogens is 354 g/mol. The number of nitrogens with one attached hydrogen (secondary N) is 2. The van der Waals surface area contributed by atoms with Gasteiger partial charge in [0, 0.05) is 0 Å². The molecule has 0 aliphatic heterocycles. The quantitative estimate of drug-likeness (QED) is 0.779. The summed E-state index contributed by atoms with van der Waals surface area (Å²) in [6.45, 7) is 1.78. The Morgan fingerprint density at radius 3 is 2.35 bits per heavy atom. The molecule has 0 fully saturated rings. The molecule has 0 aliphatic rings. The molecule has 0 saturated heterocycles. The molecule has 0 saturated carbocycles. The van der Waals surface area contributed by atoms with Crippen molar-refractivity contribution in [3.63, 3.8) is 0 Å². The number of likely N-dealkylation sites (N-methyl/N-ethyl adjacent to an activating group) is 1. The molecule has 0 bridgehead atoms. The topological polar surface area (TPSA) is 70.7 Å². The third kappa shape index (κ3) is 5.21. The van der Waals surface area contributed by atoms with Crippen molar-refractivity contribution in [3.8, 4) is 5.75 Å². The summed E-state index contributed by atoms with van der Waals surface area (Å²) in [6.07, 6.45) is 0. The first kappa shape index (κ1) is 19.8. The minimum atomic E-state index is -0.517. The number of hydrogen-bond donors (Lipinski definition) is 2. The number of nitrogens with zero attached hydrogens (tertiary/aromatic N) is 1. The number of para-hydroxylation sites is 3. The third-order valence-corrected chi connectivity index (χ3v) is 4.28. The number of rotatable bonds is 7. The van der Waals surface area contributed by atoms with Crippen molar-refractivity contribution in [1.29, 1.82) is 0 Å². The number of amides is 2. The highest BCUT2D eigenvalue weighted by atomic mass is 35.5. The molecule has 2 aromatic rings. The average molecular weight is 376 g/mol. The zero-order valence-electron chi connectivity index (χ0n) is 15.0. The van der Waals surface area contributed by atoms with Crippen LogP contribution in [-0.2, 0) is 9.59 Å². The molecule has 0 heterocycles. The fourth-order valence-electron chi connectivity index (χ4n) is 2.30. The fraction of sp³-hybridized carbons (Fsp3) is 0.263. The maximum absolute atomic E-state index is 12.5. The largest absolute Gasteiger partial charge is 0.495 e. The lowest BCUT2D eigenvalue weighted by molar-refractivity contribution is -0.122. The van der Waals surface area contributed by atoms with Crippen molar-refractivity contribution >= 4 is 34.8 Å². The van der Waals surface area contributed by atoms with E-state index in [2.05, 4.69) is 10.6 Å². The molecule has 2 N–H and O–H groups in total. The number of carbonyl (C=O) groups is 2. The summed E-state index contributed by atoms with van der Waals surface area (Å²) in [4.78, 5) is 26.3. The van der Waals surface area contributed by atoms with Crippen LogP contribution >= 0.6 is 11.6 Å². The monoisotopic (exact) mass is 375 g/mol. The highest BCUT2D eigenvalue weighted by Crippen LogP contribution is 2.23. The first-order chi connectivity index (χ1) is 12.4. The molecule has 0 radical (unpaired) electrons. The molecule has 0 spiro atoms. The lowest BCUT2D eigenvalue weighted by Gasteiger charge is -2.23. The van der Waals surface area contributed by atoms with Crippen molar-refractivity contribution in [2.45, 2.75) is 13.0 Å². The van der Waals surface area contributed by atoms with Gasteiger partial charge in [-0.3, -0.25) is 14.5 Å². The summed E-state index contributed by atoms with van der Waals surface area (Å²) in [6, 6.07) is 13.6. The zero-order chi connectivity index (χ0) is 19.1. The highest BCUT2D eigenvalue weighted by Gasteiger charge is 2.21. The first-order valence-electron chi connectivity index (χ1n) is 8.11. The van der Waals surface area contributed by atoms with Gasteiger partial charge in [0.15, 0.2) is 0 Å². The summed E-state index contributed by atoms with van der Waals surface area (Å²) >= 11 is 6.03. The molecule has 2 aromatic carbocycles. The van der Waals surface area contributed by atoms with Crippen LogP contribution in [0.2, 0.25) is 5.02 Å². The SMILES string of the molecule is COc1ccccc1NC(=O)[C@@H](C)N(C)CC(=O)Nc1ccccc1Cl. The lowest BCUT2D eigenvalue weighted by Crippen LogP contribution is -2.43. The number of benzene rings is 2. The Bertz CT molecular complexity index is 782. The van der Waals surface area contributed by atoms with Crippen LogP contribution < -0.4 is 15.4 Å². The number of hydrogen-bond acceptors (Lipinski definition) is 4. The molecule has 1 atom stereocenters. The highest BCUT2D eigenvalue weighted by molar-refractivity contribution is 6.33. The first-order valence-corrected chi connectivity index (χ1v) is 8.48. The Balaban J connectivity index is 1.93. The zero-order valence-corrected chi connectivity index (χ0v) is 15.7. The van der Waals surface area contributed by atoms with E-state index in [0.29, 0.717) is 22.1 Å². The number of carbonyl (C=O) groups excluding carboxylic acids is 2. The van der Waals surface area contributed by atoms with Gasteiger partial charge in [-0.25, -0.2) is 0 Å². The van der Waals surface area contributed by atoms with Gasteiger partial charge in [0.1, 0.15) is 5.75 Å². The predicted octanol–water partition coefficient (Wildman–Crippen LogP) is 3.25. The van der Waals surface area contributed by atoms with E-state index in [1.807, 2.05) is 12.1 Å². The third-order valence-electron chi connectivity index (χ3n) is 3.95. The minimum Gasteiger partial charge on any atom is -0.495 e. The molecule has 26 heavy (non-hydrogen) atoms. The van der Waals surface area contributed by atoms with Crippen LogP contribution in [0.3, 0.4) is 0 Å². The van der Waals surface area contributed by atoms with Gasteiger partial charge in [0.05, 0.1) is 36.1 Å². The second-order valence-electron chi connectivity index (χ2n) is 5.81. The van der Waals surface area contributed by atoms with Gasteiger partial charge in [0.25, 0.3) is 0 Å². The summed E-state index contributed by atoms with van der Waals surface area (Å²) in [5.41, 5.74) is 1.12. The normalized spacial score (nSPS) is 11.7. The van der Waals surface area contributed by atoms with Crippen molar-refractivity contribution in [2.75, 3.05) is 31.3 Å². The van der Waals surface area contributed by atoms with E-state index in [-0.39, 0.29) is 18.4 Å². The van der Waals surface area contributed by atoms with Crippen molar-refractivity contribution in [3.05, 3.63) is 53.6 Å². The Hall–Kier alpha value is -2.57. The summed E-state index contributed by atoms with van der Waals surface area (Å²) < 4.78 is 5.22. The van der Waals surface area contributed by atoms with Crippen LogP contribution in [0.1, 0.15) is 6.92 Å². The van der Waals surface area contributed by atoms with Crippen LogP contribution in [-0.4, -0.2) is 43.5 Å². The second-order valence-corrected chi connectivity index (χ2v) is 6.22. The van der Waals surface area contributed by atoms with E-state index in [1.165, 1.54) is 0 Å². The van der Waals surface area contributed by atoms with Gasteiger partial charge in [-0.05, 0) is 38.2 Å². The number of anilines is 2. The lowest BCUT2D eigenvalue weighted by atomic mass is 10.2. The molecule has 0 aliphatic carbocycles. The fourth-order valence-corrected chi connectivity index (χ4v) is 2.48. The molecule has 138 valence electrons. The molecule has 2 rings (SSSR count). The molecule has 0 aromatic heterocycles. The van der Waals surface area contributed by atoms with Gasteiger partial charge in [-0.1, -0.05) is 35.9 Å². The molecular formula is C19H22ClN3O3. The number of ether oxygens (including phenoxy) is 1. The van der Waals surface area contributed by atoms with Gasteiger partial charge >= 0.3 is 0 Å². The number of halogens is 1. The summed E-state index contributed by atoms with van der Waals surface area (Å²) in [5, 5.41) is 6.02. The average Bonchev–Trinajstić information content (AvgIpc) is 2.63. The van der Waals surface area contributed by atoms with E-state index in [4.69, 9.17) is 16.3 Å². The molecule has 0 unspecified atom stereocenters. The Kier molecular flexibility index (Phi) is 7.00. The van der Waals surface area contributed by atoms with Gasteiger partial charge in [-0.2, -0.15) is 0 Å². The van der Waals surface area contributed by atoms with Crippen LogP contribution in [0, 0.1) is 0 Å². The smallest absolute Gasteiger partial charge is 0.241 e. The van der Waals surface area contributed by atoms with Crippen LogP contribution in [0.4, 0.5) is 11.4 Å². The number of methoxy groups -OCH3 is 1. The van der Waals surface area contributed by atoms with Gasteiger partial charge in [0.2, 0.25) is 11.8 Å². The van der Waals surface area contributed by atoms with E-state index in [9.17, 15) is 9.59 Å². The van der Waals surface area contributed by atoms with E-state index in [0.717, 1.165) is 0 Å². The Morgan fingerprint density at radius 1 is 1.08 bits per heavy atom. The second kappa shape index (κ2) is 9.22. The van der Waals surface area contributed by atoms with E-state index in [1.54, 1.807) is 62.4 Å². The standard InChI is InChI=1S/C19H22ClN3O3/c1-13(19(25)22-16-10-6-7-11-17(16)26-3)23(2)12-18(24)21-15-9-5-4-8-14(15)20/h4-11,13H,12H2,1-3H3,(H,21,24)(H,22,25)/t13-/m1/s1. The van der Waals surface area contributed by atoms with Crippen LogP contribution in [0.5, 0.6) is 5.75 Å². The summed E-state index contributed by atoms with van der Waals surface area (Å²) in [5.74, 6) is 0.0900. The van der Waals surface area contributed by atoms with E-state index < -0.39 is 6.04 Å². The molecule has 2 amide bonds. The minimum absolute atomic E-state index is 0.0474. The maximum Gasteiger partial charge on any atom is 0.241 e. The van der Waals surface area contributed by atoms with Gasteiger partial charge < -0.3 is 15.4 Å². The predicted molar refractivity (Wildman–Crippen MR) is 104 cm³/mol. The van der Waals surface area contributed by atoms with Crippen molar-refractivity contribution in [2.24, 2.45) is 0 Å². The van der Waals surface area contributed by atoms with Crippen molar-refractivity contribution < 1.29 is 14.3 Å². The van der Waals surface area contributed by atoms with Crippen LogP contribution in [0.25, 0.3) is 0 Å². The van der Waals surface area contributed by atoms with Crippen LogP contribution in [0.15, 0.2) is 48.5 Å². The molecule has 7 heteroatoms. The van der Waals surface area contributed by atoms with Gasteiger partial charge in [-0.15, -0.1) is 0 Å². The Labute approximate surface area is 158 Å². The summed E-state index contributed by atoms with van der Waals surface area (Å²) in [7, 11) is 3.25. The Morgan fingerprint density at radius 2 is 1.69 bits per heavy atom. The molecule has 6 nitrogen and oxygen atoms in total. The maximum atomic E-state index is 12.5.